The molecule has 1 fully saturated rings. The van der Waals surface area contributed by atoms with Gasteiger partial charge >= 0.3 is 0 Å². The van der Waals surface area contributed by atoms with Crippen LogP contribution in [0.5, 0.6) is 0 Å². The average molecular weight is 256 g/mol. The Morgan fingerprint density at radius 2 is 2.25 bits per heavy atom. The molecule has 1 aliphatic rings. The molecule has 1 saturated heterocycles. The topological polar surface area (TPSA) is 46.1 Å². The van der Waals surface area contributed by atoms with Crippen LogP contribution in [0, 0.1) is 18.3 Å². The highest BCUT2D eigenvalue weighted by Gasteiger charge is 2.31. The molecule has 1 unspecified atom stereocenters. The summed E-state index contributed by atoms with van der Waals surface area (Å²) in [7, 11) is 0. The van der Waals surface area contributed by atoms with Gasteiger partial charge in [0, 0.05) is 24.9 Å². The third kappa shape index (κ3) is 1.97. The van der Waals surface area contributed by atoms with E-state index < -0.39 is 0 Å². The van der Waals surface area contributed by atoms with Gasteiger partial charge in [-0.25, -0.2) is 0 Å². The van der Waals surface area contributed by atoms with Crippen molar-refractivity contribution < 1.29 is 4.79 Å². The Balaban J connectivity index is 2.35. The molecule has 16 heavy (non-hydrogen) atoms. The van der Waals surface area contributed by atoms with Crippen molar-refractivity contribution in [2.45, 2.75) is 6.42 Å². The first-order valence-electron chi connectivity index (χ1n) is 4.57. The molecular weight excluding hydrogens is 249 g/mol. The van der Waals surface area contributed by atoms with Gasteiger partial charge < -0.3 is 4.90 Å². The summed E-state index contributed by atoms with van der Waals surface area (Å²) in [5.74, 6) is 2.39. The molecule has 0 spiro atoms. The van der Waals surface area contributed by atoms with Crippen LogP contribution in [0.4, 0.5) is 5.69 Å². The van der Waals surface area contributed by atoms with Crippen LogP contribution < -0.4 is 4.90 Å². The summed E-state index contributed by atoms with van der Waals surface area (Å²) in [6.07, 6.45) is 5.61. The van der Waals surface area contributed by atoms with E-state index in [0.29, 0.717) is 18.7 Å². The summed E-state index contributed by atoms with van der Waals surface area (Å²) in [6, 6.07) is 1.51. The van der Waals surface area contributed by atoms with E-state index in [1.807, 2.05) is 0 Å². The van der Waals surface area contributed by atoms with Gasteiger partial charge in [0.05, 0.1) is 5.69 Å². The van der Waals surface area contributed by atoms with Gasteiger partial charge in [0.2, 0.25) is 5.91 Å². The zero-order valence-corrected chi connectivity index (χ0v) is 9.66. The van der Waals surface area contributed by atoms with Gasteiger partial charge in [-0.05, 0) is 0 Å². The van der Waals surface area contributed by atoms with Gasteiger partial charge in [0.1, 0.15) is 0 Å². The van der Waals surface area contributed by atoms with Gasteiger partial charge in [0.15, 0.2) is 10.3 Å². The lowest BCUT2D eigenvalue weighted by Crippen LogP contribution is -2.25. The fourth-order valence-corrected chi connectivity index (χ4v) is 1.92. The summed E-state index contributed by atoms with van der Waals surface area (Å²) in [5.41, 5.74) is 0.462. The van der Waals surface area contributed by atoms with E-state index in [1.165, 1.54) is 11.0 Å². The molecule has 0 saturated carbocycles. The number of amides is 1. The van der Waals surface area contributed by atoms with Crippen molar-refractivity contribution in [3.05, 3.63) is 16.4 Å². The number of terminal acetylenes is 1. The van der Waals surface area contributed by atoms with Crippen molar-refractivity contribution in [2.24, 2.45) is 5.92 Å². The number of aromatic nitrogens is 2. The summed E-state index contributed by atoms with van der Waals surface area (Å²) in [6.45, 7) is 0.442. The summed E-state index contributed by atoms with van der Waals surface area (Å²) >= 11 is 11.6. The molecule has 2 rings (SSSR count). The van der Waals surface area contributed by atoms with Gasteiger partial charge in [-0.2, -0.15) is 0 Å². The molecule has 0 bridgehead atoms. The normalized spacial score (nSPS) is 19.9. The predicted molar refractivity (Wildman–Crippen MR) is 61.3 cm³/mol. The largest absolute Gasteiger partial charge is 0.308 e. The Morgan fingerprint density at radius 3 is 2.88 bits per heavy atom. The molecule has 2 heterocycles. The number of nitrogens with zero attached hydrogens (tertiary/aromatic N) is 3. The van der Waals surface area contributed by atoms with Crippen molar-refractivity contribution in [1.29, 1.82) is 0 Å². The first-order valence-corrected chi connectivity index (χ1v) is 5.32. The maximum Gasteiger partial charge on any atom is 0.228 e. The number of hydrogen-bond donors (Lipinski definition) is 0. The van der Waals surface area contributed by atoms with Gasteiger partial charge in [-0.3, -0.25) is 4.79 Å². The number of halogens is 2. The standard InChI is InChI=1S/C10H7Cl2N3O/c1-2-6-3-9(16)15(5-6)7-4-8(11)13-14-10(7)12/h1,4,6H,3,5H2. The lowest BCUT2D eigenvalue weighted by atomic mass is 10.1. The number of carbonyl (C=O) groups is 1. The van der Waals surface area contributed by atoms with E-state index in [4.69, 9.17) is 29.6 Å². The molecule has 6 heteroatoms. The second-order valence-corrected chi connectivity index (χ2v) is 4.16. The summed E-state index contributed by atoms with van der Waals surface area (Å²) < 4.78 is 0. The highest BCUT2D eigenvalue weighted by Crippen LogP contribution is 2.30. The maximum absolute atomic E-state index is 11.7. The van der Waals surface area contributed by atoms with Crippen LogP contribution in [-0.2, 0) is 4.79 Å². The first-order chi connectivity index (χ1) is 7.61. The Bertz CT molecular complexity index is 483. The third-order valence-electron chi connectivity index (χ3n) is 2.35. The van der Waals surface area contributed by atoms with E-state index in [9.17, 15) is 4.79 Å². The molecular formula is C10H7Cl2N3O. The van der Waals surface area contributed by atoms with Gasteiger partial charge in [-0.15, -0.1) is 22.5 Å². The molecule has 1 amide bonds. The lowest BCUT2D eigenvalue weighted by molar-refractivity contribution is -0.117. The van der Waals surface area contributed by atoms with Crippen LogP contribution >= 0.6 is 23.2 Å². The fraction of sp³-hybridized carbons (Fsp3) is 0.300. The quantitative estimate of drug-likeness (QED) is 0.719. The molecule has 1 aromatic rings. The highest BCUT2D eigenvalue weighted by atomic mass is 35.5. The number of anilines is 1. The van der Waals surface area contributed by atoms with E-state index in [-0.39, 0.29) is 22.1 Å². The van der Waals surface area contributed by atoms with Crippen molar-refractivity contribution in [3.63, 3.8) is 0 Å². The van der Waals surface area contributed by atoms with Crippen molar-refractivity contribution in [2.75, 3.05) is 11.4 Å². The summed E-state index contributed by atoms with van der Waals surface area (Å²) in [4.78, 5) is 13.2. The predicted octanol–water partition coefficient (Wildman–Crippen LogP) is 1.77. The van der Waals surface area contributed by atoms with E-state index in [2.05, 4.69) is 16.1 Å². The smallest absolute Gasteiger partial charge is 0.228 e. The van der Waals surface area contributed by atoms with Crippen LogP contribution in [0.15, 0.2) is 6.07 Å². The van der Waals surface area contributed by atoms with Crippen molar-refractivity contribution >= 4 is 34.8 Å². The van der Waals surface area contributed by atoms with E-state index in [0.717, 1.165) is 0 Å². The third-order valence-corrected chi connectivity index (χ3v) is 2.81. The van der Waals surface area contributed by atoms with Crippen LogP contribution in [0.3, 0.4) is 0 Å². The Morgan fingerprint density at radius 1 is 1.50 bits per heavy atom. The minimum Gasteiger partial charge on any atom is -0.308 e. The minimum atomic E-state index is -0.0875. The zero-order valence-electron chi connectivity index (χ0n) is 8.15. The molecule has 0 N–H and O–H groups in total. The van der Waals surface area contributed by atoms with E-state index in [1.54, 1.807) is 0 Å². The molecule has 1 aliphatic heterocycles. The van der Waals surface area contributed by atoms with E-state index >= 15 is 0 Å². The SMILES string of the molecule is C#CC1CC(=O)N(c2cc(Cl)nnc2Cl)C1. The van der Waals surface area contributed by atoms with Crippen molar-refractivity contribution in [1.82, 2.24) is 10.2 Å². The van der Waals surface area contributed by atoms with Gasteiger partial charge in [0.25, 0.3) is 0 Å². The Labute approximate surface area is 103 Å². The molecule has 1 aromatic heterocycles. The second kappa shape index (κ2) is 4.28. The lowest BCUT2D eigenvalue weighted by Gasteiger charge is -2.16. The monoisotopic (exact) mass is 255 g/mol. The molecule has 82 valence electrons. The zero-order chi connectivity index (χ0) is 11.7. The molecule has 0 aromatic carbocycles. The maximum atomic E-state index is 11.7. The fourth-order valence-electron chi connectivity index (χ4n) is 1.59. The van der Waals surface area contributed by atoms with Crippen LogP contribution in [0.1, 0.15) is 6.42 Å². The molecule has 0 radical (unpaired) electrons. The average Bonchev–Trinajstić information content (AvgIpc) is 2.63. The molecule has 1 atom stereocenters. The second-order valence-electron chi connectivity index (χ2n) is 3.42. The first kappa shape index (κ1) is 11.2. The summed E-state index contributed by atoms with van der Waals surface area (Å²) in [5, 5.41) is 7.57. The Hall–Kier alpha value is -1.31. The minimum absolute atomic E-state index is 0.0751. The van der Waals surface area contributed by atoms with Gasteiger partial charge in [-0.1, -0.05) is 23.2 Å². The number of rotatable bonds is 1. The van der Waals surface area contributed by atoms with Crippen molar-refractivity contribution in [3.8, 4) is 12.3 Å². The van der Waals surface area contributed by atoms with Crippen LogP contribution in [-0.4, -0.2) is 22.6 Å². The van der Waals surface area contributed by atoms with Crippen LogP contribution in [0.25, 0.3) is 0 Å². The highest BCUT2D eigenvalue weighted by molar-refractivity contribution is 6.34. The van der Waals surface area contributed by atoms with Crippen LogP contribution in [0.2, 0.25) is 10.3 Å². The number of carbonyl (C=O) groups excluding carboxylic acids is 1. The molecule has 4 nitrogen and oxygen atoms in total. The number of hydrogen-bond acceptors (Lipinski definition) is 3. The Kier molecular flexibility index (Phi) is 2.99. The molecule has 0 aliphatic carbocycles.